The zero-order chi connectivity index (χ0) is 27.7. The molecule has 1 heterocycles. The van der Waals surface area contributed by atoms with Crippen molar-refractivity contribution in [1.82, 2.24) is 9.80 Å². The van der Waals surface area contributed by atoms with Crippen molar-refractivity contribution >= 4 is 23.4 Å². The van der Waals surface area contributed by atoms with E-state index in [1.807, 2.05) is 32.0 Å². The third-order valence-electron chi connectivity index (χ3n) is 6.27. The standard InChI is InChI=1S/C28H37N3O7/c1-6-37-23-11-9-21(16-25(23)38-7-2)29-26(32)18-30(3)28(34)20-15-27(33)31(17-20)13-12-19-8-10-22(35-4)24(14-19)36-5/h8-11,14,16,20H,6-7,12-13,15,17-18H2,1-5H3,(H,29,32)/t20-/m1/s1. The molecule has 206 valence electrons. The molecule has 0 bridgehead atoms. The molecule has 2 aromatic rings. The molecule has 1 atom stereocenters. The Morgan fingerprint density at radius 1 is 0.974 bits per heavy atom. The Balaban J connectivity index is 1.52. The maximum atomic E-state index is 13.0. The summed E-state index contributed by atoms with van der Waals surface area (Å²) < 4.78 is 21.8. The summed E-state index contributed by atoms with van der Waals surface area (Å²) in [7, 11) is 4.73. The highest BCUT2D eigenvalue weighted by Crippen LogP contribution is 2.31. The van der Waals surface area contributed by atoms with E-state index < -0.39 is 5.92 Å². The summed E-state index contributed by atoms with van der Waals surface area (Å²) in [5.74, 6) is 1.27. The first-order valence-electron chi connectivity index (χ1n) is 12.7. The summed E-state index contributed by atoms with van der Waals surface area (Å²) in [6.07, 6.45) is 0.754. The van der Waals surface area contributed by atoms with E-state index in [-0.39, 0.29) is 30.7 Å². The van der Waals surface area contributed by atoms with E-state index in [1.54, 1.807) is 44.4 Å². The molecule has 3 rings (SSSR count). The summed E-state index contributed by atoms with van der Waals surface area (Å²) >= 11 is 0. The number of hydrogen-bond acceptors (Lipinski definition) is 7. The van der Waals surface area contributed by atoms with Gasteiger partial charge in [-0.1, -0.05) is 6.07 Å². The average molecular weight is 528 g/mol. The third kappa shape index (κ3) is 7.30. The third-order valence-corrected chi connectivity index (χ3v) is 6.27. The van der Waals surface area contributed by atoms with E-state index >= 15 is 0 Å². The highest BCUT2D eigenvalue weighted by Gasteiger charge is 2.35. The van der Waals surface area contributed by atoms with Crippen molar-refractivity contribution in [2.75, 3.05) is 59.4 Å². The van der Waals surface area contributed by atoms with E-state index in [4.69, 9.17) is 18.9 Å². The van der Waals surface area contributed by atoms with Gasteiger partial charge in [0, 0.05) is 38.3 Å². The highest BCUT2D eigenvalue weighted by molar-refractivity contribution is 5.96. The molecule has 38 heavy (non-hydrogen) atoms. The van der Waals surface area contributed by atoms with Gasteiger partial charge in [-0.05, 0) is 50.1 Å². The lowest BCUT2D eigenvalue weighted by atomic mass is 10.1. The predicted octanol–water partition coefficient (Wildman–Crippen LogP) is 2.99. The van der Waals surface area contributed by atoms with Gasteiger partial charge in [0.25, 0.3) is 0 Å². The molecule has 2 aromatic carbocycles. The lowest BCUT2D eigenvalue weighted by Crippen LogP contribution is -2.39. The molecule has 1 saturated heterocycles. The highest BCUT2D eigenvalue weighted by atomic mass is 16.5. The first-order chi connectivity index (χ1) is 18.3. The normalized spacial score (nSPS) is 14.7. The Morgan fingerprint density at radius 2 is 1.66 bits per heavy atom. The van der Waals surface area contributed by atoms with Gasteiger partial charge >= 0.3 is 0 Å². The lowest BCUT2D eigenvalue weighted by molar-refractivity contribution is -0.137. The Hall–Kier alpha value is -3.95. The maximum absolute atomic E-state index is 13.0. The van der Waals surface area contributed by atoms with E-state index in [2.05, 4.69) is 5.32 Å². The predicted molar refractivity (Wildman–Crippen MR) is 143 cm³/mol. The Kier molecular flexibility index (Phi) is 10.2. The number of carbonyl (C=O) groups is 3. The molecule has 0 unspecified atom stereocenters. The van der Waals surface area contributed by atoms with Crippen LogP contribution in [0.2, 0.25) is 0 Å². The molecule has 3 amide bonds. The van der Waals surface area contributed by atoms with E-state index in [0.29, 0.717) is 61.4 Å². The van der Waals surface area contributed by atoms with Crippen LogP contribution in [0.15, 0.2) is 36.4 Å². The number of ether oxygens (including phenoxy) is 4. The van der Waals surface area contributed by atoms with Gasteiger partial charge in [0.05, 0.1) is 39.9 Å². The van der Waals surface area contributed by atoms with Crippen molar-refractivity contribution in [3.05, 3.63) is 42.0 Å². The Bertz CT molecular complexity index is 1140. The van der Waals surface area contributed by atoms with Crippen molar-refractivity contribution in [2.45, 2.75) is 26.7 Å². The Morgan fingerprint density at radius 3 is 2.34 bits per heavy atom. The maximum Gasteiger partial charge on any atom is 0.243 e. The molecular weight excluding hydrogens is 490 g/mol. The molecule has 0 aromatic heterocycles. The molecule has 10 heteroatoms. The van der Waals surface area contributed by atoms with Crippen LogP contribution in [-0.4, -0.2) is 81.6 Å². The van der Waals surface area contributed by atoms with Crippen molar-refractivity contribution in [3.63, 3.8) is 0 Å². The summed E-state index contributed by atoms with van der Waals surface area (Å²) in [6, 6.07) is 10.8. The van der Waals surface area contributed by atoms with Crippen LogP contribution in [0.3, 0.4) is 0 Å². The molecule has 1 aliphatic rings. The zero-order valence-corrected chi connectivity index (χ0v) is 22.7. The molecule has 1 aliphatic heterocycles. The average Bonchev–Trinajstić information content (AvgIpc) is 3.28. The van der Waals surface area contributed by atoms with Gasteiger partial charge in [0.1, 0.15) is 0 Å². The smallest absolute Gasteiger partial charge is 0.243 e. The number of rotatable bonds is 13. The van der Waals surface area contributed by atoms with E-state index in [0.717, 1.165) is 5.56 Å². The van der Waals surface area contributed by atoms with Gasteiger partial charge in [0.15, 0.2) is 23.0 Å². The minimum atomic E-state index is -0.485. The van der Waals surface area contributed by atoms with Crippen LogP contribution in [0.5, 0.6) is 23.0 Å². The van der Waals surface area contributed by atoms with E-state index in [1.165, 1.54) is 4.90 Å². The van der Waals surface area contributed by atoms with Gasteiger partial charge in [-0.25, -0.2) is 0 Å². The fourth-order valence-corrected chi connectivity index (χ4v) is 4.39. The fraction of sp³-hybridized carbons (Fsp3) is 0.464. The van der Waals surface area contributed by atoms with Crippen LogP contribution in [0.25, 0.3) is 0 Å². The SMILES string of the molecule is CCOc1ccc(NC(=O)CN(C)C(=O)[C@@H]2CC(=O)N(CCc3ccc(OC)c(OC)c3)C2)cc1OCC. The minimum Gasteiger partial charge on any atom is -0.493 e. The number of nitrogens with zero attached hydrogens (tertiary/aromatic N) is 2. The summed E-state index contributed by atoms with van der Waals surface area (Å²) in [6.45, 7) is 5.39. The molecule has 1 N–H and O–H groups in total. The fourth-order valence-electron chi connectivity index (χ4n) is 4.39. The number of methoxy groups -OCH3 is 2. The number of anilines is 1. The first kappa shape index (κ1) is 28.6. The Labute approximate surface area is 223 Å². The summed E-state index contributed by atoms with van der Waals surface area (Å²) in [5, 5.41) is 2.80. The second kappa shape index (κ2) is 13.6. The van der Waals surface area contributed by atoms with Crippen molar-refractivity contribution in [2.24, 2.45) is 5.92 Å². The largest absolute Gasteiger partial charge is 0.493 e. The van der Waals surface area contributed by atoms with Crippen LogP contribution in [0.1, 0.15) is 25.8 Å². The van der Waals surface area contributed by atoms with Crippen molar-refractivity contribution < 1.29 is 33.3 Å². The first-order valence-corrected chi connectivity index (χ1v) is 12.7. The second-order valence-electron chi connectivity index (χ2n) is 8.95. The van der Waals surface area contributed by atoms with Crippen LogP contribution in [0, 0.1) is 5.92 Å². The van der Waals surface area contributed by atoms with Crippen molar-refractivity contribution in [1.29, 1.82) is 0 Å². The van der Waals surface area contributed by atoms with Crippen LogP contribution in [-0.2, 0) is 20.8 Å². The van der Waals surface area contributed by atoms with Gasteiger partial charge < -0.3 is 34.1 Å². The molecular formula is C28H37N3O7. The van der Waals surface area contributed by atoms with Crippen LogP contribution >= 0.6 is 0 Å². The van der Waals surface area contributed by atoms with Crippen LogP contribution < -0.4 is 24.3 Å². The van der Waals surface area contributed by atoms with Gasteiger partial charge in [-0.2, -0.15) is 0 Å². The number of likely N-dealkylation sites (N-methyl/N-ethyl adjacent to an activating group) is 1. The number of benzene rings is 2. The monoisotopic (exact) mass is 527 g/mol. The molecule has 1 fully saturated rings. The number of carbonyl (C=O) groups excluding carboxylic acids is 3. The second-order valence-corrected chi connectivity index (χ2v) is 8.95. The van der Waals surface area contributed by atoms with Crippen LogP contribution in [0.4, 0.5) is 5.69 Å². The molecule has 10 nitrogen and oxygen atoms in total. The van der Waals surface area contributed by atoms with Gasteiger partial charge in [-0.3, -0.25) is 14.4 Å². The number of likely N-dealkylation sites (tertiary alicyclic amines) is 1. The molecule has 0 saturated carbocycles. The number of nitrogens with one attached hydrogen (secondary N) is 1. The molecule has 0 spiro atoms. The zero-order valence-electron chi connectivity index (χ0n) is 22.7. The topological polar surface area (TPSA) is 107 Å². The summed E-state index contributed by atoms with van der Waals surface area (Å²) in [4.78, 5) is 41.3. The van der Waals surface area contributed by atoms with Crippen molar-refractivity contribution in [3.8, 4) is 23.0 Å². The van der Waals surface area contributed by atoms with E-state index in [9.17, 15) is 14.4 Å². The molecule has 0 radical (unpaired) electrons. The number of amides is 3. The summed E-state index contributed by atoms with van der Waals surface area (Å²) in [5.41, 5.74) is 1.54. The molecule has 0 aliphatic carbocycles. The lowest BCUT2D eigenvalue weighted by Gasteiger charge is -2.21. The van der Waals surface area contributed by atoms with Gasteiger partial charge in [-0.15, -0.1) is 0 Å². The van der Waals surface area contributed by atoms with Gasteiger partial charge in [0.2, 0.25) is 17.7 Å². The minimum absolute atomic E-state index is 0.0699. The number of hydrogen-bond donors (Lipinski definition) is 1. The quantitative estimate of drug-likeness (QED) is 0.427.